The first-order chi connectivity index (χ1) is 9.87. The van der Waals surface area contributed by atoms with Crippen LogP contribution in [0.25, 0.3) is 0 Å². The Bertz CT molecular complexity index is 889. The average molecular weight is 382 g/mol. The second kappa shape index (κ2) is 5.86. The van der Waals surface area contributed by atoms with E-state index in [1.807, 2.05) is 12.1 Å². The highest BCUT2D eigenvalue weighted by Crippen LogP contribution is 2.31. The number of hydrogen-bond donors (Lipinski definition) is 1. The summed E-state index contributed by atoms with van der Waals surface area (Å²) in [5.74, 6) is 0. The number of nitrogens with zero attached hydrogens (tertiary/aromatic N) is 2. The lowest BCUT2D eigenvalue weighted by molar-refractivity contribution is 0.601. The standard InChI is InChI=1S/C13H8BrN3O2S2/c1-8-12(5-13(14)20-8)21(18,19)17-11-3-2-9(6-15)10(4-11)7-16/h2-5,17H,1H3. The normalized spacial score (nSPS) is 10.7. The van der Waals surface area contributed by atoms with Gasteiger partial charge < -0.3 is 0 Å². The highest BCUT2D eigenvalue weighted by Gasteiger charge is 2.20. The zero-order chi connectivity index (χ0) is 15.6. The maximum Gasteiger partial charge on any atom is 0.263 e. The number of aryl methyl sites for hydroxylation is 1. The van der Waals surface area contributed by atoms with Crippen LogP contribution >= 0.6 is 27.3 Å². The predicted octanol–water partition coefficient (Wildman–Crippen LogP) is 3.36. The Morgan fingerprint density at radius 2 is 1.86 bits per heavy atom. The van der Waals surface area contributed by atoms with E-state index in [1.54, 1.807) is 6.92 Å². The van der Waals surface area contributed by atoms with Crippen LogP contribution in [0.15, 0.2) is 32.9 Å². The molecule has 0 unspecified atom stereocenters. The van der Waals surface area contributed by atoms with Crippen molar-refractivity contribution in [2.24, 2.45) is 0 Å². The summed E-state index contributed by atoms with van der Waals surface area (Å²) >= 11 is 4.57. The Balaban J connectivity index is 2.41. The monoisotopic (exact) mass is 381 g/mol. The highest BCUT2D eigenvalue weighted by molar-refractivity contribution is 9.11. The average Bonchev–Trinajstić information content (AvgIpc) is 2.78. The lowest BCUT2D eigenvalue weighted by Crippen LogP contribution is -2.13. The van der Waals surface area contributed by atoms with E-state index in [2.05, 4.69) is 20.7 Å². The van der Waals surface area contributed by atoms with Crippen LogP contribution in [0.5, 0.6) is 0 Å². The minimum Gasteiger partial charge on any atom is -0.280 e. The summed E-state index contributed by atoms with van der Waals surface area (Å²) < 4.78 is 27.8. The van der Waals surface area contributed by atoms with Crippen LogP contribution in [0, 0.1) is 29.6 Å². The number of anilines is 1. The summed E-state index contributed by atoms with van der Waals surface area (Å²) in [6.45, 7) is 1.71. The fourth-order valence-electron chi connectivity index (χ4n) is 1.71. The van der Waals surface area contributed by atoms with Crippen LogP contribution in [0.4, 0.5) is 5.69 Å². The molecule has 0 fully saturated rings. The summed E-state index contributed by atoms with van der Waals surface area (Å²) in [6.07, 6.45) is 0. The van der Waals surface area contributed by atoms with Crippen molar-refractivity contribution >= 4 is 43.0 Å². The SMILES string of the molecule is Cc1sc(Br)cc1S(=O)(=O)Nc1ccc(C#N)c(C#N)c1. The Hall–Kier alpha value is -1.87. The molecule has 2 aromatic rings. The predicted molar refractivity (Wildman–Crippen MR) is 83.4 cm³/mol. The summed E-state index contributed by atoms with van der Waals surface area (Å²) in [5, 5.41) is 17.8. The third-order valence-electron chi connectivity index (χ3n) is 2.64. The quantitative estimate of drug-likeness (QED) is 0.881. The molecule has 106 valence electrons. The number of rotatable bonds is 3. The van der Waals surface area contributed by atoms with Gasteiger partial charge in [0.25, 0.3) is 10.0 Å². The number of hydrogen-bond acceptors (Lipinski definition) is 5. The van der Waals surface area contributed by atoms with Gasteiger partial charge in [0.2, 0.25) is 0 Å². The third-order valence-corrected chi connectivity index (χ3v) is 5.83. The minimum atomic E-state index is -3.73. The fraction of sp³-hybridized carbons (Fsp3) is 0.0769. The van der Waals surface area contributed by atoms with Gasteiger partial charge >= 0.3 is 0 Å². The van der Waals surface area contributed by atoms with Crippen molar-refractivity contribution in [1.29, 1.82) is 10.5 Å². The molecule has 0 atom stereocenters. The molecule has 0 saturated carbocycles. The fourth-order valence-corrected chi connectivity index (χ4v) is 5.17. The van der Waals surface area contributed by atoms with Gasteiger partial charge in [0.05, 0.1) is 20.6 Å². The van der Waals surface area contributed by atoms with Gasteiger partial charge in [-0.25, -0.2) is 8.42 Å². The van der Waals surface area contributed by atoms with Gasteiger partial charge in [0.1, 0.15) is 17.0 Å². The molecule has 0 aliphatic heterocycles. The van der Waals surface area contributed by atoms with Crippen molar-refractivity contribution in [2.45, 2.75) is 11.8 Å². The molecular formula is C13H8BrN3O2S2. The molecule has 2 rings (SSSR count). The molecule has 1 aromatic carbocycles. The van der Waals surface area contributed by atoms with Crippen molar-refractivity contribution < 1.29 is 8.42 Å². The molecular weight excluding hydrogens is 374 g/mol. The van der Waals surface area contributed by atoms with E-state index in [0.717, 1.165) is 3.79 Å². The van der Waals surface area contributed by atoms with Crippen molar-refractivity contribution in [3.8, 4) is 12.1 Å². The largest absolute Gasteiger partial charge is 0.280 e. The van der Waals surface area contributed by atoms with Crippen LogP contribution in [0.3, 0.4) is 0 Å². The van der Waals surface area contributed by atoms with E-state index in [9.17, 15) is 8.42 Å². The second-order valence-electron chi connectivity index (χ2n) is 4.06. The molecule has 0 spiro atoms. The molecule has 8 heteroatoms. The zero-order valence-corrected chi connectivity index (χ0v) is 13.9. The Morgan fingerprint density at radius 1 is 1.19 bits per heavy atom. The van der Waals surface area contributed by atoms with Gasteiger partial charge in [-0.3, -0.25) is 4.72 Å². The van der Waals surface area contributed by atoms with Crippen LogP contribution in [0.2, 0.25) is 0 Å². The number of nitriles is 2. The Morgan fingerprint density at radius 3 is 2.38 bits per heavy atom. The summed E-state index contributed by atoms with van der Waals surface area (Å²) in [5.41, 5.74) is 0.572. The van der Waals surface area contributed by atoms with Gasteiger partial charge in [-0.05, 0) is 47.1 Å². The van der Waals surface area contributed by atoms with Crippen LogP contribution in [-0.4, -0.2) is 8.42 Å². The van der Waals surface area contributed by atoms with E-state index in [-0.39, 0.29) is 21.7 Å². The molecule has 0 saturated heterocycles. The molecule has 1 heterocycles. The number of halogens is 1. The van der Waals surface area contributed by atoms with E-state index in [0.29, 0.717) is 4.88 Å². The second-order valence-corrected chi connectivity index (χ2v) is 8.35. The van der Waals surface area contributed by atoms with Crippen molar-refractivity contribution in [3.63, 3.8) is 0 Å². The Labute approximate surface area is 134 Å². The first kappa shape index (κ1) is 15.5. The molecule has 5 nitrogen and oxygen atoms in total. The summed E-state index contributed by atoms with van der Waals surface area (Å²) in [7, 11) is -3.73. The molecule has 21 heavy (non-hydrogen) atoms. The lowest BCUT2D eigenvalue weighted by Gasteiger charge is -2.08. The van der Waals surface area contributed by atoms with Gasteiger partial charge in [0, 0.05) is 4.88 Å². The van der Waals surface area contributed by atoms with Crippen LogP contribution in [-0.2, 0) is 10.0 Å². The van der Waals surface area contributed by atoms with Gasteiger partial charge in [-0.2, -0.15) is 10.5 Å². The minimum absolute atomic E-state index is 0.126. The lowest BCUT2D eigenvalue weighted by atomic mass is 10.1. The topological polar surface area (TPSA) is 93.8 Å². The molecule has 0 amide bonds. The smallest absolute Gasteiger partial charge is 0.263 e. The van der Waals surface area contributed by atoms with E-state index < -0.39 is 10.0 Å². The van der Waals surface area contributed by atoms with Crippen molar-refractivity contribution in [1.82, 2.24) is 0 Å². The maximum absolute atomic E-state index is 12.3. The van der Waals surface area contributed by atoms with E-state index in [1.165, 1.54) is 35.6 Å². The summed E-state index contributed by atoms with van der Waals surface area (Å²) in [4.78, 5) is 0.839. The summed E-state index contributed by atoms with van der Waals surface area (Å²) in [6, 6.07) is 9.47. The van der Waals surface area contributed by atoms with Crippen LogP contribution in [0.1, 0.15) is 16.0 Å². The number of thiophene rings is 1. The third kappa shape index (κ3) is 3.24. The van der Waals surface area contributed by atoms with E-state index >= 15 is 0 Å². The molecule has 0 radical (unpaired) electrons. The van der Waals surface area contributed by atoms with Gasteiger partial charge in [-0.1, -0.05) is 0 Å². The number of benzene rings is 1. The Kier molecular flexibility index (Phi) is 4.33. The molecule has 0 aliphatic carbocycles. The first-order valence-corrected chi connectivity index (χ1v) is 8.69. The number of nitrogens with one attached hydrogen (secondary N) is 1. The zero-order valence-electron chi connectivity index (χ0n) is 10.7. The first-order valence-electron chi connectivity index (χ1n) is 5.60. The van der Waals surface area contributed by atoms with Crippen molar-refractivity contribution in [2.75, 3.05) is 4.72 Å². The van der Waals surface area contributed by atoms with Gasteiger partial charge in [0.15, 0.2) is 0 Å². The number of sulfonamides is 1. The van der Waals surface area contributed by atoms with Crippen LogP contribution < -0.4 is 4.72 Å². The van der Waals surface area contributed by atoms with Gasteiger partial charge in [-0.15, -0.1) is 11.3 Å². The molecule has 0 bridgehead atoms. The maximum atomic E-state index is 12.3. The molecule has 1 aromatic heterocycles. The molecule has 0 aliphatic rings. The van der Waals surface area contributed by atoms with Crippen molar-refractivity contribution in [3.05, 3.63) is 44.1 Å². The molecule has 1 N–H and O–H groups in total. The highest BCUT2D eigenvalue weighted by atomic mass is 79.9. The van der Waals surface area contributed by atoms with E-state index in [4.69, 9.17) is 10.5 Å².